The van der Waals surface area contributed by atoms with Gasteiger partial charge >= 0.3 is 12.4 Å². The van der Waals surface area contributed by atoms with Gasteiger partial charge in [-0.1, -0.05) is 18.2 Å². The van der Waals surface area contributed by atoms with Crippen LogP contribution in [0.3, 0.4) is 0 Å². The Morgan fingerprint density at radius 2 is 1.56 bits per heavy atom. The molecule has 2 heterocycles. The van der Waals surface area contributed by atoms with Crippen molar-refractivity contribution < 1.29 is 39.9 Å². The molecule has 0 unspecified atom stereocenters. The van der Waals surface area contributed by atoms with Gasteiger partial charge in [0.2, 0.25) is 0 Å². The number of anilines is 3. The number of hydrogen-bond donors (Lipinski definition) is 2. The lowest BCUT2D eigenvalue weighted by molar-refractivity contribution is -0.141. The lowest BCUT2D eigenvalue weighted by Crippen LogP contribution is -2.33. The maximum atomic E-state index is 13.7. The monoisotopic (exact) mass is 531 g/mol. The number of pyridine rings is 1. The molecule has 3 aromatic rings. The number of para-hydroxylation sites is 1. The number of fused-ring (bicyclic) bond motifs is 2. The highest BCUT2D eigenvalue weighted by molar-refractivity contribution is 7.92. The van der Waals surface area contributed by atoms with Crippen molar-refractivity contribution >= 4 is 27.2 Å². The molecule has 2 N–H and O–H groups in total. The van der Waals surface area contributed by atoms with E-state index in [-0.39, 0.29) is 28.3 Å². The number of halogens is 6. The van der Waals surface area contributed by atoms with Gasteiger partial charge in [-0.25, -0.2) is 13.4 Å². The molecule has 0 amide bonds. The Balaban J connectivity index is 1.94. The van der Waals surface area contributed by atoms with E-state index in [2.05, 4.69) is 10.3 Å². The summed E-state index contributed by atoms with van der Waals surface area (Å²) in [7, 11) is -4.56. The van der Waals surface area contributed by atoms with Crippen LogP contribution >= 0.6 is 0 Å². The second-order valence-corrected chi connectivity index (χ2v) is 10.5. The van der Waals surface area contributed by atoms with Gasteiger partial charge in [0, 0.05) is 11.1 Å². The Labute approximate surface area is 202 Å². The molecule has 0 bridgehead atoms. The third-order valence-electron chi connectivity index (χ3n) is 5.55. The van der Waals surface area contributed by atoms with Gasteiger partial charge in [0.1, 0.15) is 11.5 Å². The van der Waals surface area contributed by atoms with E-state index < -0.39 is 50.7 Å². The molecule has 6 nitrogen and oxygen atoms in total. The number of nitrogens with one attached hydrogen (secondary N) is 1. The Morgan fingerprint density at radius 1 is 0.917 bits per heavy atom. The van der Waals surface area contributed by atoms with Crippen LogP contribution in [0, 0.1) is 0 Å². The standard InChI is InChI=1S/C23H19F6N3O3S/c1-21(2,33)16-4-3-5-17-19(16)32(12-13-6-11-18(23(27,28)29)31-20(13)30-17)36(34,35)15-9-7-14(8-10-15)22(24,25)26/h3-11,33H,12H2,1-2H3,(H,30,31). The number of aliphatic hydroxyl groups is 1. The lowest BCUT2D eigenvalue weighted by Gasteiger charge is -2.30. The molecule has 0 saturated heterocycles. The van der Waals surface area contributed by atoms with Gasteiger partial charge < -0.3 is 10.4 Å². The fraction of sp³-hybridized carbons (Fsp3) is 0.261. The van der Waals surface area contributed by atoms with Crippen molar-refractivity contribution in [1.29, 1.82) is 0 Å². The number of sulfonamides is 1. The van der Waals surface area contributed by atoms with Crippen molar-refractivity contribution in [2.24, 2.45) is 0 Å². The van der Waals surface area contributed by atoms with Crippen molar-refractivity contribution in [2.45, 2.75) is 43.2 Å². The summed E-state index contributed by atoms with van der Waals surface area (Å²) in [6.45, 7) is 2.28. The maximum Gasteiger partial charge on any atom is 0.433 e. The maximum absolute atomic E-state index is 13.7. The Morgan fingerprint density at radius 3 is 2.11 bits per heavy atom. The van der Waals surface area contributed by atoms with Gasteiger partial charge in [-0.15, -0.1) is 0 Å². The summed E-state index contributed by atoms with van der Waals surface area (Å²) in [4.78, 5) is 3.14. The second kappa shape index (κ2) is 8.37. The van der Waals surface area contributed by atoms with E-state index in [9.17, 15) is 39.9 Å². The van der Waals surface area contributed by atoms with Gasteiger partial charge in [-0.3, -0.25) is 4.31 Å². The zero-order chi connectivity index (χ0) is 26.7. The number of alkyl halides is 6. The predicted octanol–water partition coefficient (Wildman–Crippen LogP) is 5.80. The highest BCUT2D eigenvalue weighted by atomic mass is 32.2. The van der Waals surface area contributed by atoms with Crippen LogP contribution in [0.15, 0.2) is 59.5 Å². The Bertz CT molecular complexity index is 1410. The van der Waals surface area contributed by atoms with Crippen molar-refractivity contribution in [3.8, 4) is 0 Å². The van der Waals surface area contributed by atoms with E-state index in [1.54, 1.807) is 0 Å². The molecule has 2 aromatic carbocycles. The van der Waals surface area contributed by atoms with E-state index in [0.717, 1.165) is 22.5 Å². The van der Waals surface area contributed by atoms with Crippen LogP contribution in [-0.4, -0.2) is 18.5 Å². The van der Waals surface area contributed by atoms with Crippen LogP contribution < -0.4 is 9.62 Å². The zero-order valence-electron chi connectivity index (χ0n) is 18.7. The van der Waals surface area contributed by atoms with Crippen molar-refractivity contribution in [3.63, 3.8) is 0 Å². The van der Waals surface area contributed by atoms with Gasteiger partial charge in [0.05, 0.1) is 34.0 Å². The van der Waals surface area contributed by atoms with Gasteiger partial charge in [0.15, 0.2) is 0 Å². The third-order valence-corrected chi connectivity index (χ3v) is 7.31. The molecule has 192 valence electrons. The minimum absolute atomic E-state index is 0.0377. The fourth-order valence-corrected chi connectivity index (χ4v) is 5.28. The van der Waals surface area contributed by atoms with Crippen molar-refractivity contribution in [2.75, 3.05) is 9.62 Å². The summed E-state index contributed by atoms with van der Waals surface area (Å²) in [5, 5.41) is 13.5. The highest BCUT2D eigenvalue weighted by Crippen LogP contribution is 2.44. The SMILES string of the molecule is CC(C)(O)c1cccc2c1N(S(=O)(=O)c1ccc(C(F)(F)F)cc1)Cc1ccc(C(F)(F)F)nc1N2. The summed E-state index contributed by atoms with van der Waals surface area (Å²) in [5.41, 5.74) is -3.68. The molecule has 1 aromatic heterocycles. The summed E-state index contributed by atoms with van der Waals surface area (Å²) in [6.07, 6.45) is -9.44. The summed E-state index contributed by atoms with van der Waals surface area (Å²) >= 11 is 0. The van der Waals surface area contributed by atoms with Gasteiger partial charge in [-0.05, 0) is 50.2 Å². The third kappa shape index (κ3) is 4.72. The summed E-state index contributed by atoms with van der Waals surface area (Å²) in [6, 6.07) is 8.94. The minimum Gasteiger partial charge on any atom is -0.386 e. The molecule has 13 heteroatoms. The van der Waals surface area contributed by atoms with E-state index in [4.69, 9.17) is 0 Å². The van der Waals surface area contributed by atoms with Gasteiger partial charge in [-0.2, -0.15) is 26.3 Å². The molecular weight excluding hydrogens is 512 g/mol. The van der Waals surface area contributed by atoms with Crippen molar-refractivity contribution in [1.82, 2.24) is 4.98 Å². The van der Waals surface area contributed by atoms with E-state index in [0.29, 0.717) is 18.2 Å². The number of nitrogens with zero attached hydrogens (tertiary/aromatic N) is 2. The van der Waals surface area contributed by atoms with Crippen LogP contribution in [0.25, 0.3) is 0 Å². The minimum atomic E-state index is -4.76. The van der Waals surface area contributed by atoms with Gasteiger partial charge in [0.25, 0.3) is 10.0 Å². The number of benzene rings is 2. The quantitative estimate of drug-likeness (QED) is 0.418. The Kier molecular flexibility index (Phi) is 5.99. The first-order valence-electron chi connectivity index (χ1n) is 10.4. The normalized spacial score (nSPS) is 14.5. The van der Waals surface area contributed by atoms with Crippen molar-refractivity contribution in [3.05, 3.63) is 77.0 Å². The first-order valence-corrected chi connectivity index (χ1v) is 11.8. The summed E-state index contributed by atoms with van der Waals surface area (Å²) < 4.78 is 107. The topological polar surface area (TPSA) is 82.5 Å². The van der Waals surface area contributed by atoms with E-state index in [1.807, 2.05) is 0 Å². The van der Waals surface area contributed by atoms with Crippen LogP contribution in [0.1, 0.15) is 36.2 Å². The number of hydrogen-bond acceptors (Lipinski definition) is 5. The van der Waals surface area contributed by atoms with Crippen LogP contribution in [0.2, 0.25) is 0 Å². The molecule has 0 aliphatic carbocycles. The second-order valence-electron chi connectivity index (χ2n) is 8.62. The fourth-order valence-electron chi connectivity index (χ4n) is 3.80. The Hall–Kier alpha value is -3.32. The molecule has 0 saturated carbocycles. The molecule has 0 radical (unpaired) electrons. The molecule has 1 aliphatic heterocycles. The highest BCUT2D eigenvalue weighted by Gasteiger charge is 2.38. The van der Waals surface area contributed by atoms with E-state index >= 15 is 0 Å². The molecule has 0 spiro atoms. The zero-order valence-corrected chi connectivity index (χ0v) is 19.6. The van der Waals surface area contributed by atoms with Crippen LogP contribution in [-0.2, 0) is 34.5 Å². The largest absolute Gasteiger partial charge is 0.433 e. The number of rotatable bonds is 3. The van der Waals surface area contributed by atoms with Crippen LogP contribution in [0.4, 0.5) is 43.5 Å². The summed E-state index contributed by atoms with van der Waals surface area (Å²) in [5.74, 6) is -0.246. The average Bonchev–Trinajstić information content (AvgIpc) is 2.93. The van der Waals surface area contributed by atoms with Crippen LogP contribution in [0.5, 0.6) is 0 Å². The molecule has 0 atom stereocenters. The molecule has 4 rings (SSSR count). The number of aromatic nitrogens is 1. The van der Waals surface area contributed by atoms with E-state index in [1.165, 1.54) is 32.0 Å². The lowest BCUT2D eigenvalue weighted by atomic mass is 9.95. The molecule has 36 heavy (non-hydrogen) atoms. The molecular formula is C23H19F6N3O3S. The first kappa shape index (κ1) is 25.8. The predicted molar refractivity (Wildman–Crippen MR) is 119 cm³/mol. The molecule has 1 aliphatic rings. The molecule has 0 fully saturated rings. The average molecular weight is 531 g/mol. The smallest absolute Gasteiger partial charge is 0.386 e. The first-order chi connectivity index (χ1) is 16.5.